The molecule has 0 aliphatic carbocycles. The van der Waals surface area contributed by atoms with Gasteiger partial charge in [-0.3, -0.25) is 0 Å². The van der Waals surface area contributed by atoms with E-state index in [1.807, 2.05) is 31.1 Å². The van der Waals surface area contributed by atoms with E-state index in [4.69, 9.17) is 15.3 Å². The van der Waals surface area contributed by atoms with Gasteiger partial charge in [0.1, 0.15) is 0 Å². The van der Waals surface area contributed by atoms with Gasteiger partial charge in [-0.2, -0.15) is 4.98 Å². The van der Waals surface area contributed by atoms with Crippen molar-refractivity contribution < 1.29 is 14.3 Å². The smallest absolute Gasteiger partial charge is 0.358 e. The number of carbonyl (C=O) groups is 1. The molecule has 3 N–H and O–H groups in total. The van der Waals surface area contributed by atoms with Gasteiger partial charge >= 0.3 is 5.97 Å². The van der Waals surface area contributed by atoms with E-state index in [1.54, 1.807) is 12.1 Å². The first-order valence-corrected chi connectivity index (χ1v) is 5.26. The maximum atomic E-state index is 11.0. The molecule has 0 atom stereocenters. The highest BCUT2D eigenvalue weighted by molar-refractivity contribution is 5.92. The van der Waals surface area contributed by atoms with Gasteiger partial charge in [-0.15, -0.1) is 0 Å². The summed E-state index contributed by atoms with van der Waals surface area (Å²) >= 11 is 0. The van der Waals surface area contributed by atoms with Crippen molar-refractivity contribution in [3.05, 3.63) is 30.0 Å². The van der Waals surface area contributed by atoms with Crippen molar-refractivity contribution in [1.29, 1.82) is 0 Å². The van der Waals surface area contributed by atoms with Gasteiger partial charge in [0, 0.05) is 25.3 Å². The van der Waals surface area contributed by atoms with E-state index in [0.29, 0.717) is 5.56 Å². The summed E-state index contributed by atoms with van der Waals surface area (Å²) in [6.07, 6.45) is 0. The van der Waals surface area contributed by atoms with Crippen LogP contribution < -0.4 is 10.6 Å². The number of nitrogens with zero attached hydrogens (tertiary/aromatic N) is 2. The molecular formula is C12H13N3O3. The lowest BCUT2D eigenvalue weighted by atomic mass is 10.1. The van der Waals surface area contributed by atoms with Gasteiger partial charge in [0.15, 0.2) is 11.5 Å². The van der Waals surface area contributed by atoms with Crippen LogP contribution in [0.5, 0.6) is 0 Å². The van der Waals surface area contributed by atoms with Gasteiger partial charge in [-0.05, 0) is 24.3 Å². The summed E-state index contributed by atoms with van der Waals surface area (Å²) < 4.78 is 5.13. The Hall–Kier alpha value is -2.50. The Kier molecular flexibility index (Phi) is 2.93. The minimum absolute atomic E-state index is 0.154. The van der Waals surface area contributed by atoms with E-state index in [1.165, 1.54) is 0 Å². The van der Waals surface area contributed by atoms with Crippen molar-refractivity contribution in [3.8, 4) is 11.3 Å². The molecule has 1 aromatic heterocycles. The molecule has 6 nitrogen and oxygen atoms in total. The number of benzene rings is 1. The van der Waals surface area contributed by atoms with Crippen molar-refractivity contribution in [2.45, 2.75) is 0 Å². The molecule has 0 aliphatic rings. The van der Waals surface area contributed by atoms with Gasteiger partial charge in [0.05, 0.1) is 0 Å². The first-order valence-electron chi connectivity index (χ1n) is 5.26. The van der Waals surface area contributed by atoms with Crippen LogP contribution in [-0.2, 0) is 0 Å². The molecular weight excluding hydrogens is 234 g/mol. The highest BCUT2D eigenvalue weighted by Gasteiger charge is 2.19. The molecule has 1 aromatic carbocycles. The van der Waals surface area contributed by atoms with Crippen LogP contribution in [0, 0.1) is 0 Å². The van der Waals surface area contributed by atoms with Crippen LogP contribution in [-0.4, -0.2) is 30.2 Å². The normalized spacial score (nSPS) is 10.3. The number of carboxylic acid groups (broad SMARTS) is 1. The van der Waals surface area contributed by atoms with Gasteiger partial charge in [-0.1, -0.05) is 0 Å². The van der Waals surface area contributed by atoms with Crippen LogP contribution in [0.1, 0.15) is 10.5 Å². The molecule has 0 spiro atoms. The Morgan fingerprint density at radius 2 is 1.94 bits per heavy atom. The van der Waals surface area contributed by atoms with Gasteiger partial charge in [-0.25, -0.2) is 4.79 Å². The number of aromatic nitrogens is 1. The quantitative estimate of drug-likeness (QED) is 0.857. The van der Waals surface area contributed by atoms with E-state index >= 15 is 0 Å². The third-order valence-electron chi connectivity index (χ3n) is 2.49. The van der Waals surface area contributed by atoms with Crippen molar-refractivity contribution in [2.24, 2.45) is 0 Å². The molecule has 0 radical (unpaired) electrons. The second-order valence-electron chi connectivity index (χ2n) is 3.98. The topological polar surface area (TPSA) is 92.6 Å². The minimum Gasteiger partial charge on any atom is -0.476 e. The second-order valence-corrected chi connectivity index (χ2v) is 3.98. The average molecular weight is 247 g/mol. The highest BCUT2D eigenvalue weighted by atomic mass is 16.4. The Balaban J connectivity index is 2.45. The maximum Gasteiger partial charge on any atom is 0.358 e. The summed E-state index contributed by atoms with van der Waals surface area (Å²) in [5.41, 5.74) is 6.84. The van der Waals surface area contributed by atoms with Gasteiger partial charge in [0.25, 0.3) is 6.01 Å². The first kappa shape index (κ1) is 12.0. The molecule has 6 heteroatoms. The summed E-state index contributed by atoms with van der Waals surface area (Å²) in [5, 5.41) is 9.00. The van der Waals surface area contributed by atoms with E-state index in [2.05, 4.69) is 4.98 Å². The number of nitrogens with two attached hydrogens (primary N) is 1. The Bertz CT molecular complexity index is 573. The first-order chi connectivity index (χ1) is 8.49. The summed E-state index contributed by atoms with van der Waals surface area (Å²) in [7, 11) is 3.84. The molecule has 0 fully saturated rings. The highest BCUT2D eigenvalue weighted by Crippen LogP contribution is 2.27. The fourth-order valence-corrected chi connectivity index (χ4v) is 1.59. The molecule has 1 heterocycles. The lowest BCUT2D eigenvalue weighted by Gasteiger charge is -2.12. The van der Waals surface area contributed by atoms with Crippen molar-refractivity contribution in [3.63, 3.8) is 0 Å². The molecule has 2 rings (SSSR count). The zero-order chi connectivity index (χ0) is 13.3. The van der Waals surface area contributed by atoms with Gasteiger partial charge in [0.2, 0.25) is 0 Å². The standard InChI is InChI=1S/C12H13N3O3/c1-15(2)8-5-3-7(4-6-8)10-9(11(16)17)14-12(13)18-10/h3-6H,1-2H3,(H2,13,14)(H,16,17). The lowest BCUT2D eigenvalue weighted by molar-refractivity contribution is 0.0691. The zero-order valence-corrected chi connectivity index (χ0v) is 10.0. The largest absolute Gasteiger partial charge is 0.476 e. The lowest BCUT2D eigenvalue weighted by Crippen LogP contribution is -2.08. The van der Waals surface area contributed by atoms with E-state index in [0.717, 1.165) is 5.69 Å². The van der Waals surface area contributed by atoms with Crippen molar-refractivity contribution in [2.75, 3.05) is 24.7 Å². The third kappa shape index (κ3) is 2.13. The number of oxazole rings is 1. The summed E-state index contributed by atoms with van der Waals surface area (Å²) in [6.45, 7) is 0. The number of aromatic carboxylic acids is 1. The number of rotatable bonds is 3. The number of hydrogen-bond donors (Lipinski definition) is 2. The van der Waals surface area contributed by atoms with Crippen molar-refractivity contribution >= 4 is 17.7 Å². The molecule has 0 amide bonds. The van der Waals surface area contributed by atoms with Gasteiger partial charge < -0.3 is 20.2 Å². The number of carboxylic acids is 1. The Morgan fingerprint density at radius 1 is 1.33 bits per heavy atom. The molecule has 18 heavy (non-hydrogen) atoms. The van der Waals surface area contributed by atoms with E-state index in [-0.39, 0.29) is 17.5 Å². The predicted octanol–water partition coefficient (Wildman–Crippen LogP) is 1.69. The molecule has 0 unspecified atom stereocenters. The number of nitrogen functional groups attached to an aromatic ring is 1. The third-order valence-corrected chi connectivity index (χ3v) is 2.49. The fourth-order valence-electron chi connectivity index (χ4n) is 1.59. The predicted molar refractivity (Wildman–Crippen MR) is 67.6 cm³/mol. The molecule has 0 aliphatic heterocycles. The van der Waals surface area contributed by atoms with Crippen LogP contribution in [0.15, 0.2) is 28.7 Å². The fraction of sp³-hybridized carbons (Fsp3) is 0.167. The second kappa shape index (κ2) is 4.40. The summed E-state index contributed by atoms with van der Waals surface area (Å²) in [5.74, 6) is -0.993. The Labute approximate surface area is 104 Å². The van der Waals surface area contributed by atoms with Crippen LogP contribution >= 0.6 is 0 Å². The molecule has 0 saturated carbocycles. The maximum absolute atomic E-state index is 11.0. The van der Waals surface area contributed by atoms with Crippen LogP contribution in [0.25, 0.3) is 11.3 Å². The molecule has 0 bridgehead atoms. The Morgan fingerprint density at radius 3 is 2.44 bits per heavy atom. The summed E-state index contributed by atoms with van der Waals surface area (Å²) in [4.78, 5) is 16.6. The van der Waals surface area contributed by atoms with E-state index in [9.17, 15) is 4.79 Å². The summed E-state index contributed by atoms with van der Waals surface area (Å²) in [6, 6.07) is 7.10. The number of hydrogen-bond acceptors (Lipinski definition) is 5. The van der Waals surface area contributed by atoms with Crippen molar-refractivity contribution in [1.82, 2.24) is 4.98 Å². The molecule has 94 valence electrons. The average Bonchev–Trinajstić information content (AvgIpc) is 2.71. The minimum atomic E-state index is -1.16. The van der Waals surface area contributed by atoms with Crippen LogP contribution in [0.4, 0.5) is 11.7 Å². The van der Waals surface area contributed by atoms with E-state index < -0.39 is 5.97 Å². The SMILES string of the molecule is CN(C)c1ccc(-c2oc(N)nc2C(=O)O)cc1. The zero-order valence-electron chi connectivity index (χ0n) is 10.0. The van der Waals surface area contributed by atoms with Crippen LogP contribution in [0.3, 0.4) is 0 Å². The molecule has 2 aromatic rings. The molecule has 0 saturated heterocycles. The monoisotopic (exact) mass is 247 g/mol. The number of anilines is 2. The van der Waals surface area contributed by atoms with Crippen LogP contribution in [0.2, 0.25) is 0 Å².